The van der Waals surface area contributed by atoms with Crippen LogP contribution in [0, 0.1) is 5.82 Å². The van der Waals surface area contributed by atoms with Gasteiger partial charge in [-0.3, -0.25) is 19.2 Å². The van der Waals surface area contributed by atoms with Crippen LogP contribution >= 0.6 is 0 Å². The number of halogens is 1. The molecule has 45 heavy (non-hydrogen) atoms. The number of rotatable bonds is 18. The van der Waals surface area contributed by atoms with Gasteiger partial charge in [0.2, 0.25) is 11.8 Å². The van der Waals surface area contributed by atoms with Crippen LogP contribution in [-0.4, -0.2) is 95.2 Å². The molecule has 0 bridgehead atoms. The van der Waals surface area contributed by atoms with E-state index in [0.29, 0.717) is 78.0 Å². The summed E-state index contributed by atoms with van der Waals surface area (Å²) in [6.07, 6.45) is 3.47. The molecular weight excluding hydrogens is 587 g/mol. The molecule has 0 fully saturated rings. The highest BCUT2D eigenvalue weighted by Gasteiger charge is 2.17. The summed E-state index contributed by atoms with van der Waals surface area (Å²) < 4.78 is 31.6. The zero-order valence-corrected chi connectivity index (χ0v) is 25.2. The van der Waals surface area contributed by atoms with Crippen molar-refractivity contribution >= 4 is 39.9 Å². The predicted octanol–water partition coefficient (Wildman–Crippen LogP) is 2.09. The first-order valence-electron chi connectivity index (χ1n) is 14.2. The van der Waals surface area contributed by atoms with Gasteiger partial charge in [0.05, 0.1) is 50.2 Å². The van der Waals surface area contributed by atoms with Gasteiger partial charge in [-0.2, -0.15) is 5.10 Å². The zero-order chi connectivity index (χ0) is 32.2. The number of aromatic nitrogens is 4. The minimum atomic E-state index is -0.610. The molecule has 4 aromatic rings. The maximum Gasteiger partial charge on any atom is 0.246 e. The van der Waals surface area contributed by atoms with Crippen LogP contribution in [0.5, 0.6) is 11.5 Å². The summed E-state index contributed by atoms with van der Waals surface area (Å²) in [6.45, 7) is 2.84. The highest BCUT2D eigenvalue weighted by molar-refractivity contribution is 5.94. The summed E-state index contributed by atoms with van der Waals surface area (Å²) in [7, 11) is 3.17. The van der Waals surface area contributed by atoms with Gasteiger partial charge >= 0.3 is 0 Å². The first-order valence-corrected chi connectivity index (χ1v) is 14.2. The molecule has 0 saturated heterocycles. The van der Waals surface area contributed by atoms with Crippen LogP contribution in [0.4, 0.5) is 21.6 Å². The second-order valence-electron chi connectivity index (χ2n) is 10.0. The van der Waals surface area contributed by atoms with Crippen LogP contribution < -0.4 is 25.8 Å². The van der Waals surface area contributed by atoms with Gasteiger partial charge in [-0.15, -0.1) is 0 Å². The summed E-state index contributed by atoms with van der Waals surface area (Å²) in [4.78, 5) is 35.2. The Bertz CT molecular complexity index is 1600. The van der Waals surface area contributed by atoms with Crippen molar-refractivity contribution in [1.29, 1.82) is 0 Å². The molecule has 14 nitrogen and oxygen atoms in total. The van der Waals surface area contributed by atoms with Gasteiger partial charge in [0.1, 0.15) is 24.5 Å². The number of nitrogens with zero attached hydrogens (tertiary/aromatic N) is 5. The Morgan fingerprint density at radius 2 is 1.93 bits per heavy atom. The Morgan fingerprint density at radius 3 is 2.67 bits per heavy atom. The first-order chi connectivity index (χ1) is 21.8. The number of hydrogen-bond donors (Lipinski definition) is 4. The molecule has 0 aliphatic heterocycles. The minimum absolute atomic E-state index is 0.0653. The van der Waals surface area contributed by atoms with Crippen molar-refractivity contribution in [2.45, 2.75) is 19.4 Å². The van der Waals surface area contributed by atoms with E-state index in [4.69, 9.17) is 19.9 Å². The Hall–Kier alpha value is -4.86. The van der Waals surface area contributed by atoms with Gasteiger partial charge in [0, 0.05) is 50.1 Å². The lowest BCUT2D eigenvalue weighted by Crippen LogP contribution is -2.32. The SMILES string of the molecule is COCCN(CCO)CCCOc1cc2ncnc(Nc3cn(CC(=O)Nc4cccc(F)c4)nc3CC(N)=O)c2cc1OC. The number of amides is 2. The lowest BCUT2D eigenvalue weighted by Gasteiger charge is -2.21. The van der Waals surface area contributed by atoms with Crippen molar-refractivity contribution in [1.82, 2.24) is 24.6 Å². The molecule has 4 rings (SSSR count). The molecule has 15 heteroatoms. The fourth-order valence-electron chi connectivity index (χ4n) is 4.59. The number of nitrogens with one attached hydrogen (secondary N) is 2. The van der Waals surface area contributed by atoms with Crippen LogP contribution in [0.2, 0.25) is 0 Å². The topological polar surface area (TPSA) is 179 Å². The van der Waals surface area contributed by atoms with Gasteiger partial charge in [0.15, 0.2) is 11.5 Å². The largest absolute Gasteiger partial charge is 0.493 e. The molecule has 0 radical (unpaired) electrons. The highest BCUT2D eigenvalue weighted by Crippen LogP contribution is 2.35. The molecular formula is C30H37FN8O6. The summed E-state index contributed by atoms with van der Waals surface area (Å²) >= 11 is 0. The monoisotopic (exact) mass is 624 g/mol. The Labute approximate surface area is 259 Å². The quantitative estimate of drug-likeness (QED) is 0.119. The molecule has 0 aliphatic carbocycles. The molecule has 0 aliphatic rings. The maximum atomic E-state index is 13.5. The second-order valence-corrected chi connectivity index (χ2v) is 10.0. The molecule has 2 aromatic carbocycles. The first kappa shape index (κ1) is 33.0. The summed E-state index contributed by atoms with van der Waals surface area (Å²) in [6, 6.07) is 9.03. The number of carbonyl (C=O) groups excluding carboxylic acids is 2. The third-order valence-electron chi connectivity index (χ3n) is 6.67. The van der Waals surface area contributed by atoms with Gasteiger partial charge in [0.25, 0.3) is 0 Å². The summed E-state index contributed by atoms with van der Waals surface area (Å²) in [5, 5.41) is 20.1. The Kier molecular flexibility index (Phi) is 12.0. The molecule has 2 heterocycles. The predicted molar refractivity (Wildman–Crippen MR) is 165 cm³/mol. The number of methoxy groups -OCH3 is 2. The van der Waals surface area contributed by atoms with Crippen LogP contribution in [0.1, 0.15) is 12.1 Å². The van der Waals surface area contributed by atoms with Crippen molar-refractivity contribution in [3.05, 3.63) is 60.4 Å². The molecule has 0 saturated carbocycles. The van der Waals surface area contributed by atoms with E-state index in [1.165, 1.54) is 36.3 Å². The van der Waals surface area contributed by atoms with E-state index in [2.05, 4.69) is 30.6 Å². The van der Waals surface area contributed by atoms with E-state index in [9.17, 15) is 19.1 Å². The molecule has 2 amide bonds. The molecule has 2 aromatic heterocycles. The zero-order valence-electron chi connectivity index (χ0n) is 25.2. The van der Waals surface area contributed by atoms with E-state index < -0.39 is 17.6 Å². The third-order valence-corrected chi connectivity index (χ3v) is 6.67. The Morgan fingerprint density at radius 1 is 1.09 bits per heavy atom. The van der Waals surface area contributed by atoms with Crippen LogP contribution in [0.25, 0.3) is 10.9 Å². The molecule has 5 N–H and O–H groups in total. The van der Waals surface area contributed by atoms with Crippen LogP contribution in [0.3, 0.4) is 0 Å². The average Bonchev–Trinajstić information content (AvgIpc) is 3.36. The van der Waals surface area contributed by atoms with Gasteiger partial charge in [-0.25, -0.2) is 14.4 Å². The fourth-order valence-corrected chi connectivity index (χ4v) is 4.59. The standard InChI is InChI=1S/C30H37FN8O6/c1-43-12-9-38(8-10-40)7-4-11-45-27-15-23-22(14-26(27)44-2)30(34-19-33-23)36-25-17-39(37-24(25)16-28(32)41)18-29(42)35-21-6-3-5-20(31)13-21/h3,5-6,13-15,17,19,40H,4,7-12,16,18H2,1-2H3,(H2,32,41)(H,35,42)(H,33,34,36). The maximum absolute atomic E-state index is 13.5. The van der Waals surface area contributed by atoms with Crippen molar-refractivity contribution in [3.63, 3.8) is 0 Å². The fraction of sp³-hybridized carbons (Fsp3) is 0.367. The smallest absolute Gasteiger partial charge is 0.246 e. The van der Waals surface area contributed by atoms with E-state index in [-0.39, 0.29) is 19.6 Å². The second kappa shape index (κ2) is 16.3. The van der Waals surface area contributed by atoms with Crippen LogP contribution in [-0.2, 0) is 27.3 Å². The normalized spacial score (nSPS) is 11.1. The van der Waals surface area contributed by atoms with Crippen molar-refractivity contribution in [3.8, 4) is 11.5 Å². The van der Waals surface area contributed by atoms with E-state index in [1.54, 1.807) is 31.5 Å². The number of fused-ring (bicyclic) bond motifs is 1. The number of hydrogen-bond acceptors (Lipinski definition) is 11. The number of aliphatic hydroxyl groups is 1. The van der Waals surface area contributed by atoms with Crippen molar-refractivity contribution in [2.24, 2.45) is 5.73 Å². The van der Waals surface area contributed by atoms with Crippen LogP contribution in [0.15, 0.2) is 48.9 Å². The van der Waals surface area contributed by atoms with Crippen molar-refractivity contribution in [2.75, 3.05) is 64.3 Å². The third kappa shape index (κ3) is 9.56. The number of carbonyl (C=O) groups is 2. The number of nitrogens with two attached hydrogens (primary N) is 1. The molecule has 0 atom stereocenters. The molecule has 0 unspecified atom stereocenters. The number of ether oxygens (including phenoxy) is 3. The summed E-state index contributed by atoms with van der Waals surface area (Å²) in [5.74, 6) is -0.158. The number of aliphatic hydroxyl groups excluding tert-OH is 1. The van der Waals surface area contributed by atoms with Gasteiger partial charge in [-0.1, -0.05) is 6.07 Å². The summed E-state index contributed by atoms with van der Waals surface area (Å²) in [5.41, 5.74) is 7.05. The number of anilines is 3. The molecule has 240 valence electrons. The average molecular weight is 625 g/mol. The highest BCUT2D eigenvalue weighted by atomic mass is 19.1. The lowest BCUT2D eigenvalue weighted by atomic mass is 10.2. The van der Waals surface area contributed by atoms with Crippen molar-refractivity contribution < 1.29 is 33.3 Å². The van der Waals surface area contributed by atoms with Gasteiger partial charge in [-0.05, 0) is 30.7 Å². The lowest BCUT2D eigenvalue weighted by molar-refractivity contribution is -0.117. The van der Waals surface area contributed by atoms with E-state index in [1.807, 2.05) is 0 Å². The van der Waals surface area contributed by atoms with E-state index >= 15 is 0 Å². The number of benzene rings is 2. The van der Waals surface area contributed by atoms with E-state index in [0.717, 1.165) is 6.54 Å². The van der Waals surface area contributed by atoms with Gasteiger partial charge < -0.3 is 35.7 Å². The molecule has 0 spiro atoms. The Balaban J connectivity index is 1.49. The minimum Gasteiger partial charge on any atom is -0.493 e. The number of primary amides is 1.